The van der Waals surface area contributed by atoms with Crippen molar-refractivity contribution in [3.05, 3.63) is 59.3 Å². The molecule has 2 aliphatic rings. The van der Waals surface area contributed by atoms with Crippen LogP contribution >= 0.6 is 0 Å². The van der Waals surface area contributed by atoms with E-state index in [1.807, 2.05) is 23.1 Å². The van der Waals surface area contributed by atoms with Crippen LogP contribution in [0.4, 0.5) is 4.39 Å². The minimum absolute atomic E-state index is 0.00490. The quantitative estimate of drug-likeness (QED) is 0.655. The Kier molecular flexibility index (Phi) is 6.65. The van der Waals surface area contributed by atoms with E-state index in [-0.39, 0.29) is 11.7 Å². The fourth-order valence-electron chi connectivity index (χ4n) is 4.66. The third-order valence-electron chi connectivity index (χ3n) is 6.24. The molecule has 1 saturated carbocycles. The number of halogens is 1. The van der Waals surface area contributed by atoms with E-state index in [0.717, 1.165) is 50.1 Å². The van der Waals surface area contributed by atoms with Gasteiger partial charge in [0.05, 0.1) is 6.54 Å². The van der Waals surface area contributed by atoms with Crippen LogP contribution in [-0.4, -0.2) is 34.8 Å². The first-order valence-corrected chi connectivity index (χ1v) is 11.1. The van der Waals surface area contributed by atoms with Crippen LogP contribution < -0.4 is 0 Å². The Morgan fingerprint density at radius 3 is 2.52 bits per heavy atom. The molecule has 0 unspecified atom stereocenters. The predicted molar refractivity (Wildman–Crippen MR) is 111 cm³/mol. The SMILES string of the molecule is O=C(c1ccc(CN(Cc2cccc(F)c2)C2CCCCC2)o1)N1CCCCC1. The van der Waals surface area contributed by atoms with Gasteiger partial charge < -0.3 is 9.32 Å². The van der Waals surface area contributed by atoms with Crippen molar-refractivity contribution in [2.75, 3.05) is 13.1 Å². The maximum atomic E-state index is 13.7. The van der Waals surface area contributed by atoms with Crippen LogP contribution in [0, 0.1) is 5.82 Å². The average molecular weight is 399 g/mol. The Morgan fingerprint density at radius 2 is 1.76 bits per heavy atom. The molecule has 156 valence electrons. The Bertz CT molecular complexity index is 807. The Labute approximate surface area is 172 Å². The van der Waals surface area contributed by atoms with Crippen molar-refractivity contribution >= 4 is 5.91 Å². The lowest BCUT2D eigenvalue weighted by Crippen LogP contribution is -2.36. The molecule has 1 saturated heterocycles. The van der Waals surface area contributed by atoms with Gasteiger partial charge in [0.25, 0.3) is 5.91 Å². The zero-order valence-corrected chi connectivity index (χ0v) is 17.1. The van der Waals surface area contributed by atoms with E-state index in [0.29, 0.717) is 24.9 Å². The van der Waals surface area contributed by atoms with Crippen LogP contribution in [0.15, 0.2) is 40.8 Å². The monoisotopic (exact) mass is 398 g/mol. The molecule has 1 aromatic carbocycles. The summed E-state index contributed by atoms with van der Waals surface area (Å²) in [6, 6.07) is 11.1. The van der Waals surface area contributed by atoms with Crippen LogP contribution in [0.25, 0.3) is 0 Å². The van der Waals surface area contributed by atoms with Gasteiger partial charge in [-0.25, -0.2) is 4.39 Å². The van der Waals surface area contributed by atoms with E-state index in [9.17, 15) is 9.18 Å². The van der Waals surface area contributed by atoms with Crippen LogP contribution in [0.3, 0.4) is 0 Å². The molecule has 0 N–H and O–H groups in total. The summed E-state index contributed by atoms with van der Waals surface area (Å²) in [5.41, 5.74) is 0.978. The maximum Gasteiger partial charge on any atom is 0.289 e. The molecule has 0 atom stereocenters. The molecule has 4 nitrogen and oxygen atoms in total. The Morgan fingerprint density at radius 1 is 1.00 bits per heavy atom. The number of rotatable bonds is 6. The number of benzene rings is 1. The van der Waals surface area contributed by atoms with Gasteiger partial charge in [0.1, 0.15) is 11.6 Å². The molecule has 0 bridgehead atoms. The summed E-state index contributed by atoms with van der Waals surface area (Å²) in [5, 5.41) is 0. The second-order valence-electron chi connectivity index (χ2n) is 8.45. The summed E-state index contributed by atoms with van der Waals surface area (Å²) in [6.07, 6.45) is 9.43. The number of carbonyl (C=O) groups is 1. The summed E-state index contributed by atoms with van der Waals surface area (Å²) in [6.45, 7) is 2.98. The van der Waals surface area contributed by atoms with Gasteiger partial charge in [0.15, 0.2) is 5.76 Å². The summed E-state index contributed by atoms with van der Waals surface area (Å²) >= 11 is 0. The molecule has 4 rings (SSSR count). The fourth-order valence-corrected chi connectivity index (χ4v) is 4.66. The van der Waals surface area contributed by atoms with Crippen LogP contribution in [-0.2, 0) is 13.1 Å². The minimum Gasteiger partial charge on any atom is -0.455 e. The minimum atomic E-state index is -0.196. The second-order valence-corrected chi connectivity index (χ2v) is 8.45. The van der Waals surface area contributed by atoms with Gasteiger partial charge in [-0.15, -0.1) is 0 Å². The Hall–Kier alpha value is -2.14. The molecule has 5 heteroatoms. The first-order chi connectivity index (χ1) is 14.2. The number of nitrogens with zero attached hydrogens (tertiary/aromatic N) is 2. The summed E-state index contributed by atoms with van der Waals surface area (Å²) in [7, 11) is 0. The number of piperidine rings is 1. The molecule has 2 aromatic rings. The molecular formula is C24H31FN2O2. The summed E-state index contributed by atoms with van der Waals surface area (Å²) in [5.74, 6) is 1.06. The van der Waals surface area contributed by atoms with Crippen LogP contribution in [0.5, 0.6) is 0 Å². The fraction of sp³-hybridized carbons (Fsp3) is 0.542. The molecule has 2 heterocycles. The summed E-state index contributed by atoms with van der Waals surface area (Å²) in [4.78, 5) is 17.0. The van der Waals surface area contributed by atoms with E-state index < -0.39 is 0 Å². The number of hydrogen-bond donors (Lipinski definition) is 0. The first kappa shape index (κ1) is 20.1. The molecule has 29 heavy (non-hydrogen) atoms. The standard InChI is InChI=1S/C24H31FN2O2/c25-20-9-7-8-19(16-20)17-27(21-10-3-1-4-11-21)18-22-12-13-23(29-22)24(28)26-14-5-2-6-15-26/h7-9,12-13,16,21H,1-6,10-11,14-15,17-18H2. The maximum absolute atomic E-state index is 13.7. The van der Waals surface area contributed by atoms with Gasteiger partial charge >= 0.3 is 0 Å². The highest BCUT2D eigenvalue weighted by molar-refractivity contribution is 5.91. The van der Waals surface area contributed by atoms with Crippen molar-refractivity contribution in [3.8, 4) is 0 Å². The first-order valence-electron chi connectivity index (χ1n) is 11.1. The smallest absolute Gasteiger partial charge is 0.289 e. The molecule has 2 fully saturated rings. The molecule has 1 aliphatic heterocycles. The second kappa shape index (κ2) is 9.57. The van der Waals surface area contributed by atoms with Gasteiger partial charge in [-0.3, -0.25) is 9.69 Å². The van der Waals surface area contributed by atoms with Crippen molar-refractivity contribution in [3.63, 3.8) is 0 Å². The zero-order valence-electron chi connectivity index (χ0n) is 17.1. The normalized spacial score (nSPS) is 18.3. The lowest BCUT2D eigenvalue weighted by atomic mass is 9.93. The van der Waals surface area contributed by atoms with Crippen molar-refractivity contribution in [2.24, 2.45) is 0 Å². The highest BCUT2D eigenvalue weighted by atomic mass is 19.1. The lowest BCUT2D eigenvalue weighted by molar-refractivity contribution is 0.0684. The van der Waals surface area contributed by atoms with E-state index in [2.05, 4.69) is 4.90 Å². The highest BCUT2D eigenvalue weighted by Gasteiger charge is 2.25. The molecular weight excluding hydrogens is 367 g/mol. The van der Waals surface area contributed by atoms with Crippen LogP contribution in [0.2, 0.25) is 0 Å². The Balaban J connectivity index is 1.46. The highest BCUT2D eigenvalue weighted by Crippen LogP contribution is 2.26. The zero-order chi connectivity index (χ0) is 20.1. The molecule has 0 radical (unpaired) electrons. The van der Waals surface area contributed by atoms with E-state index in [4.69, 9.17) is 4.42 Å². The van der Waals surface area contributed by atoms with Crippen molar-refractivity contribution in [1.29, 1.82) is 0 Å². The van der Waals surface area contributed by atoms with Gasteiger partial charge in [-0.05, 0) is 61.9 Å². The van der Waals surface area contributed by atoms with Crippen molar-refractivity contribution < 1.29 is 13.6 Å². The van der Waals surface area contributed by atoms with Gasteiger partial charge in [-0.1, -0.05) is 31.4 Å². The predicted octanol–water partition coefficient (Wildman–Crippen LogP) is 5.38. The van der Waals surface area contributed by atoms with Gasteiger partial charge in [0, 0.05) is 25.7 Å². The number of carbonyl (C=O) groups excluding carboxylic acids is 1. The summed E-state index contributed by atoms with van der Waals surface area (Å²) < 4.78 is 19.7. The van der Waals surface area contributed by atoms with Gasteiger partial charge in [0.2, 0.25) is 0 Å². The van der Waals surface area contributed by atoms with Crippen LogP contribution in [0.1, 0.15) is 73.2 Å². The topological polar surface area (TPSA) is 36.7 Å². The van der Waals surface area contributed by atoms with E-state index in [1.54, 1.807) is 12.1 Å². The van der Waals surface area contributed by atoms with Gasteiger partial charge in [-0.2, -0.15) is 0 Å². The number of hydrogen-bond acceptors (Lipinski definition) is 3. The third-order valence-corrected chi connectivity index (χ3v) is 6.24. The number of furan rings is 1. The largest absolute Gasteiger partial charge is 0.455 e. The lowest BCUT2D eigenvalue weighted by Gasteiger charge is -2.34. The number of likely N-dealkylation sites (tertiary alicyclic amines) is 1. The molecule has 1 amide bonds. The van der Waals surface area contributed by atoms with E-state index >= 15 is 0 Å². The van der Waals surface area contributed by atoms with Crippen molar-refractivity contribution in [2.45, 2.75) is 70.5 Å². The van der Waals surface area contributed by atoms with E-state index in [1.165, 1.54) is 31.7 Å². The molecule has 0 spiro atoms. The average Bonchev–Trinajstić information content (AvgIpc) is 3.23. The molecule has 1 aromatic heterocycles. The number of amides is 1. The van der Waals surface area contributed by atoms with Crippen molar-refractivity contribution in [1.82, 2.24) is 9.80 Å². The molecule has 1 aliphatic carbocycles. The third kappa shape index (κ3) is 5.27.